The van der Waals surface area contributed by atoms with Crippen LogP contribution in [0, 0.1) is 0 Å². The first-order valence-electron chi connectivity index (χ1n) is 4.38. The quantitative estimate of drug-likeness (QED) is 0.627. The minimum atomic E-state index is -0.281. The summed E-state index contributed by atoms with van der Waals surface area (Å²) in [5.41, 5.74) is 6.06. The minimum absolute atomic E-state index is 0.0544. The molecule has 2 rings (SSSR count). The molecule has 0 bridgehead atoms. The van der Waals surface area contributed by atoms with Crippen molar-refractivity contribution >= 4 is 36.6 Å². The normalized spacial score (nSPS) is 21.7. The number of thiazole rings is 1. The fraction of sp³-hybridized carbons (Fsp3) is 0.375. The Labute approximate surface area is 92.4 Å². The van der Waals surface area contributed by atoms with Gasteiger partial charge in [-0.2, -0.15) is 0 Å². The van der Waals surface area contributed by atoms with Gasteiger partial charge in [-0.05, 0) is 5.59 Å². The highest BCUT2D eigenvalue weighted by Gasteiger charge is 2.27. The first-order valence-corrected chi connectivity index (χ1v) is 5.26. The average molecular weight is 220 g/mol. The third kappa shape index (κ3) is 1.87. The fourth-order valence-electron chi connectivity index (χ4n) is 1.32. The lowest BCUT2D eigenvalue weighted by Crippen LogP contribution is -2.42. The zero-order chi connectivity index (χ0) is 11.0. The van der Waals surface area contributed by atoms with Crippen LogP contribution in [0.3, 0.4) is 0 Å². The van der Waals surface area contributed by atoms with Gasteiger partial charge in [0.25, 0.3) is 0 Å². The molecule has 1 aromatic heterocycles. The van der Waals surface area contributed by atoms with Crippen LogP contribution in [0.2, 0.25) is 0 Å². The number of aromatic nitrogens is 1. The van der Waals surface area contributed by atoms with Crippen molar-refractivity contribution in [1.82, 2.24) is 9.88 Å². The number of carbonyl (C=O) groups excluding carboxylic acids is 1. The zero-order valence-corrected chi connectivity index (χ0v) is 8.99. The highest BCUT2D eigenvalue weighted by Crippen LogP contribution is 2.25. The first kappa shape index (κ1) is 10.2. The second-order valence-electron chi connectivity index (χ2n) is 3.27. The van der Waals surface area contributed by atoms with E-state index in [0.717, 1.165) is 5.01 Å². The number of amides is 1. The Bertz CT molecular complexity index is 430. The standard InChI is InChI=1S/C8H9BN4OS/c1-13-6(14)2-4(11-8(13)10)7-12-5(9)3-15-7/h3-4H,2H2,1H3,(H2,10,11)/t4-/m0/s1. The molecule has 2 heterocycles. The van der Waals surface area contributed by atoms with E-state index in [0.29, 0.717) is 12.0 Å². The van der Waals surface area contributed by atoms with E-state index in [9.17, 15) is 4.79 Å². The number of guanidine groups is 1. The Morgan fingerprint density at radius 3 is 3.00 bits per heavy atom. The molecule has 5 nitrogen and oxygen atoms in total. The van der Waals surface area contributed by atoms with E-state index in [2.05, 4.69) is 9.98 Å². The molecule has 76 valence electrons. The maximum Gasteiger partial charge on any atom is 0.231 e. The van der Waals surface area contributed by atoms with Gasteiger partial charge < -0.3 is 5.73 Å². The number of carbonyl (C=O) groups is 1. The number of nitrogens with zero attached hydrogens (tertiary/aromatic N) is 3. The van der Waals surface area contributed by atoms with E-state index < -0.39 is 0 Å². The van der Waals surface area contributed by atoms with Crippen molar-refractivity contribution in [2.45, 2.75) is 12.5 Å². The van der Waals surface area contributed by atoms with Crippen LogP contribution in [0.15, 0.2) is 10.4 Å². The predicted octanol–water partition coefficient (Wildman–Crippen LogP) is -0.845. The number of hydrogen-bond donors (Lipinski definition) is 1. The van der Waals surface area contributed by atoms with Crippen LogP contribution in [-0.4, -0.2) is 36.6 Å². The molecule has 0 saturated heterocycles. The Kier molecular flexibility index (Phi) is 2.48. The van der Waals surface area contributed by atoms with Gasteiger partial charge in [0.2, 0.25) is 5.91 Å². The Hall–Kier alpha value is -1.37. The lowest BCUT2D eigenvalue weighted by Gasteiger charge is -2.24. The maximum atomic E-state index is 11.5. The molecule has 0 aliphatic carbocycles. The average Bonchev–Trinajstić information content (AvgIpc) is 2.60. The summed E-state index contributed by atoms with van der Waals surface area (Å²) in [6.45, 7) is 0. The van der Waals surface area contributed by atoms with Gasteiger partial charge in [-0.1, -0.05) is 0 Å². The summed E-state index contributed by atoms with van der Waals surface area (Å²) in [7, 11) is 7.11. The van der Waals surface area contributed by atoms with Gasteiger partial charge in [0.05, 0.1) is 6.42 Å². The summed E-state index contributed by atoms with van der Waals surface area (Å²) in [6.07, 6.45) is 0.296. The van der Waals surface area contributed by atoms with Gasteiger partial charge in [-0.3, -0.25) is 14.7 Å². The van der Waals surface area contributed by atoms with E-state index in [1.54, 1.807) is 12.4 Å². The van der Waals surface area contributed by atoms with Crippen LogP contribution < -0.4 is 11.3 Å². The SMILES string of the molecule is [B]c1csc([C@@H]2CC(=O)N(C)C(N)=N2)n1. The van der Waals surface area contributed by atoms with Gasteiger partial charge in [0, 0.05) is 12.4 Å². The van der Waals surface area contributed by atoms with E-state index in [1.165, 1.54) is 16.2 Å². The molecule has 0 fully saturated rings. The van der Waals surface area contributed by atoms with Crippen LogP contribution >= 0.6 is 11.3 Å². The Morgan fingerprint density at radius 2 is 2.47 bits per heavy atom. The molecule has 0 aromatic carbocycles. The molecule has 0 saturated carbocycles. The number of rotatable bonds is 1. The summed E-state index contributed by atoms with van der Waals surface area (Å²) >= 11 is 1.39. The Balaban J connectivity index is 2.29. The van der Waals surface area contributed by atoms with Gasteiger partial charge in [0.15, 0.2) is 5.96 Å². The monoisotopic (exact) mass is 220 g/mol. The molecular weight excluding hydrogens is 211 g/mol. The van der Waals surface area contributed by atoms with Crippen molar-refractivity contribution in [2.24, 2.45) is 10.7 Å². The molecule has 7 heteroatoms. The van der Waals surface area contributed by atoms with Crippen molar-refractivity contribution in [3.8, 4) is 0 Å². The predicted molar refractivity (Wildman–Crippen MR) is 59.3 cm³/mol. The Morgan fingerprint density at radius 1 is 1.73 bits per heavy atom. The largest absolute Gasteiger partial charge is 0.369 e. The molecule has 1 aliphatic rings. The van der Waals surface area contributed by atoms with Gasteiger partial charge in [-0.15, -0.1) is 11.3 Å². The molecule has 2 radical (unpaired) electrons. The summed E-state index contributed by atoms with van der Waals surface area (Å²) < 4.78 is 0. The highest BCUT2D eigenvalue weighted by molar-refractivity contribution is 7.10. The van der Waals surface area contributed by atoms with Crippen molar-refractivity contribution in [3.63, 3.8) is 0 Å². The molecule has 0 unspecified atom stereocenters. The van der Waals surface area contributed by atoms with Crippen LogP contribution in [0.25, 0.3) is 0 Å². The summed E-state index contributed by atoms with van der Waals surface area (Å²) in [5.74, 6) is 0.172. The highest BCUT2D eigenvalue weighted by atomic mass is 32.1. The third-order valence-corrected chi connectivity index (χ3v) is 3.16. The summed E-state index contributed by atoms with van der Waals surface area (Å²) in [5, 5.41) is 2.46. The van der Waals surface area contributed by atoms with E-state index >= 15 is 0 Å². The van der Waals surface area contributed by atoms with Gasteiger partial charge in [-0.25, -0.2) is 4.99 Å². The van der Waals surface area contributed by atoms with Crippen molar-refractivity contribution in [3.05, 3.63) is 10.4 Å². The van der Waals surface area contributed by atoms with E-state index in [4.69, 9.17) is 13.6 Å². The zero-order valence-electron chi connectivity index (χ0n) is 8.17. The number of nitrogens with two attached hydrogens (primary N) is 1. The lowest BCUT2D eigenvalue weighted by molar-refractivity contribution is -0.127. The van der Waals surface area contributed by atoms with Crippen LogP contribution in [0.1, 0.15) is 17.5 Å². The topological polar surface area (TPSA) is 71.6 Å². The van der Waals surface area contributed by atoms with Crippen molar-refractivity contribution in [2.75, 3.05) is 7.05 Å². The smallest absolute Gasteiger partial charge is 0.231 e. The lowest BCUT2D eigenvalue weighted by atomic mass is 10.1. The third-order valence-electron chi connectivity index (χ3n) is 2.20. The molecule has 15 heavy (non-hydrogen) atoms. The number of hydrogen-bond acceptors (Lipinski definition) is 5. The summed E-state index contributed by atoms with van der Waals surface area (Å²) in [4.78, 5) is 21.1. The maximum absolute atomic E-state index is 11.5. The molecule has 0 spiro atoms. The first-order chi connectivity index (χ1) is 7.08. The van der Waals surface area contributed by atoms with E-state index in [1.807, 2.05) is 0 Å². The fourth-order valence-corrected chi connectivity index (χ4v) is 2.06. The molecular formula is C8H9BN4OS. The second-order valence-corrected chi connectivity index (χ2v) is 4.16. The van der Waals surface area contributed by atoms with Crippen LogP contribution in [0.4, 0.5) is 0 Å². The molecule has 1 aromatic rings. The second kappa shape index (κ2) is 3.65. The molecule has 1 atom stereocenters. The number of aliphatic imine (C=N–C) groups is 1. The van der Waals surface area contributed by atoms with Crippen molar-refractivity contribution in [1.29, 1.82) is 0 Å². The molecule has 1 amide bonds. The van der Waals surface area contributed by atoms with Crippen LogP contribution in [0.5, 0.6) is 0 Å². The van der Waals surface area contributed by atoms with Gasteiger partial charge >= 0.3 is 0 Å². The molecule has 1 aliphatic heterocycles. The van der Waals surface area contributed by atoms with Gasteiger partial charge in [0.1, 0.15) is 18.9 Å². The van der Waals surface area contributed by atoms with Crippen LogP contribution in [-0.2, 0) is 4.79 Å². The summed E-state index contributed by atoms with van der Waals surface area (Å²) in [6, 6.07) is -0.281. The molecule has 2 N–H and O–H groups in total. The van der Waals surface area contributed by atoms with Crippen molar-refractivity contribution < 1.29 is 4.79 Å². The van der Waals surface area contributed by atoms with E-state index in [-0.39, 0.29) is 17.9 Å². The minimum Gasteiger partial charge on any atom is -0.369 e.